The molecule has 9 amide bonds. The summed E-state index contributed by atoms with van der Waals surface area (Å²) in [6.45, 7) is 12.3. The van der Waals surface area contributed by atoms with Crippen LogP contribution in [0.2, 0.25) is 0 Å². The van der Waals surface area contributed by atoms with Gasteiger partial charge in [0.15, 0.2) is 0 Å². The van der Waals surface area contributed by atoms with E-state index in [9.17, 15) is 43.2 Å². The van der Waals surface area contributed by atoms with Gasteiger partial charge >= 0.3 is 0 Å². The van der Waals surface area contributed by atoms with Gasteiger partial charge in [-0.15, -0.1) is 0 Å². The number of nitrogens with one attached hydrogen (secondary N) is 9. The minimum absolute atomic E-state index is 0.0216. The topological polar surface area (TPSA) is 360 Å². The van der Waals surface area contributed by atoms with E-state index >= 15 is 0 Å². The molecule has 0 unspecified atom stereocenters. The molecular weight excluding hydrogens is 879 g/mol. The van der Waals surface area contributed by atoms with Crippen molar-refractivity contribution >= 4 is 64.1 Å². The Bertz CT molecular complexity index is 2190. The lowest BCUT2D eigenvalue weighted by atomic mass is 9.99. The van der Waals surface area contributed by atoms with Crippen LogP contribution in [0.4, 0.5) is 0 Å². The Kier molecular flexibility index (Phi) is 22.1. The number of aromatic nitrogens is 3. The highest BCUT2D eigenvalue weighted by Crippen LogP contribution is 2.20. The molecule has 374 valence electrons. The van der Waals surface area contributed by atoms with Crippen LogP contribution in [0, 0.1) is 17.8 Å². The molecule has 0 saturated carbocycles. The second-order valence-corrected chi connectivity index (χ2v) is 18.3. The number of primary amides is 2. The van der Waals surface area contributed by atoms with Gasteiger partial charge in [0.25, 0.3) is 0 Å². The Labute approximate surface area is 396 Å². The van der Waals surface area contributed by atoms with Gasteiger partial charge < -0.3 is 64.4 Å². The SMILES string of the molecule is CC(C)C[C@@H](CC(=O)N[C@@H](CC(C)C)C(N)=O)NC(=O)[C@H](Cc1cnc[nH]1)NC(=O)CCNC(=O)[C@@H](NC(=O)[C@H](C)NC(=O)[C@H](Cc1c[nH]c2ccccc12)NC(=O)[C@@H](N)CCC(N)=O)C(C)C. The van der Waals surface area contributed by atoms with Gasteiger partial charge in [0.2, 0.25) is 53.2 Å². The predicted molar refractivity (Wildman–Crippen MR) is 253 cm³/mol. The van der Waals surface area contributed by atoms with E-state index in [1.807, 2.05) is 52.0 Å². The molecule has 3 aromatic rings. The maximum Gasteiger partial charge on any atom is 0.243 e. The number of rotatable bonds is 29. The second-order valence-electron chi connectivity index (χ2n) is 18.3. The van der Waals surface area contributed by atoms with Crippen molar-refractivity contribution in [2.24, 2.45) is 35.0 Å². The van der Waals surface area contributed by atoms with E-state index in [1.165, 1.54) is 19.4 Å². The van der Waals surface area contributed by atoms with Gasteiger partial charge in [-0.1, -0.05) is 59.7 Å². The number of nitrogens with zero attached hydrogens (tertiary/aromatic N) is 1. The quantitative estimate of drug-likeness (QED) is 0.0414. The first-order valence-corrected chi connectivity index (χ1v) is 23.0. The van der Waals surface area contributed by atoms with Crippen LogP contribution in [0.1, 0.15) is 98.2 Å². The van der Waals surface area contributed by atoms with Crippen molar-refractivity contribution in [1.29, 1.82) is 0 Å². The second kappa shape index (κ2) is 27.1. The molecule has 2 heterocycles. The number of aromatic amines is 2. The summed E-state index contributed by atoms with van der Waals surface area (Å²) < 4.78 is 0. The van der Waals surface area contributed by atoms with Crippen LogP contribution >= 0.6 is 0 Å². The summed E-state index contributed by atoms with van der Waals surface area (Å²) in [5.41, 5.74) is 18.8. The Morgan fingerprint density at radius 2 is 1.31 bits per heavy atom. The van der Waals surface area contributed by atoms with E-state index in [1.54, 1.807) is 20.0 Å². The number of fused-ring (bicyclic) bond motifs is 1. The van der Waals surface area contributed by atoms with Crippen molar-refractivity contribution in [1.82, 2.24) is 52.2 Å². The van der Waals surface area contributed by atoms with Crippen LogP contribution in [0.3, 0.4) is 0 Å². The number of carbonyl (C=O) groups is 9. The highest BCUT2D eigenvalue weighted by atomic mass is 16.2. The van der Waals surface area contributed by atoms with E-state index in [2.05, 4.69) is 52.2 Å². The summed E-state index contributed by atoms with van der Waals surface area (Å²) >= 11 is 0. The monoisotopic (exact) mass is 950 g/mol. The molecular formula is C46H71N13O9. The number of amides is 9. The lowest BCUT2D eigenvalue weighted by Crippen LogP contribution is -2.58. The summed E-state index contributed by atoms with van der Waals surface area (Å²) in [6, 6.07) is 0.144. The molecule has 3 rings (SSSR count). The molecule has 0 saturated heterocycles. The summed E-state index contributed by atoms with van der Waals surface area (Å²) in [5, 5.41) is 19.7. The van der Waals surface area contributed by atoms with E-state index in [4.69, 9.17) is 17.2 Å². The number of para-hydroxylation sites is 1. The zero-order valence-electron chi connectivity index (χ0n) is 40.0. The van der Waals surface area contributed by atoms with Gasteiger partial charge in [0.05, 0.1) is 12.4 Å². The Hall–Kier alpha value is -6.84. The Balaban J connectivity index is 1.63. The standard InChI is InChI=1S/C46H71N13O9/c1-24(2)16-29(20-39(62)56-34(41(49)63)17-25(3)4)55-45(67)36(19-30-22-50-23-53-30)57-38(61)14-15-51-46(68)40(26(5)6)59-42(64)27(7)54-44(66)35(58-43(65)32(47)12-13-37(48)60)18-28-21-52-33-11-9-8-10-31(28)33/h8-11,21-27,29,32,34-36,40,52H,12-20,47H2,1-7H3,(H2,48,60)(H2,49,63)(H,50,53)(H,51,68)(H,54,66)(H,55,67)(H,56,62)(H,57,61)(H,58,65)(H,59,64)/t27-,29-,32-,34-,35-,36-,40-/m0/s1. The van der Waals surface area contributed by atoms with E-state index < -0.39 is 101 Å². The molecule has 0 spiro atoms. The molecule has 0 aliphatic carbocycles. The summed E-state index contributed by atoms with van der Waals surface area (Å²) in [5.74, 6) is -5.90. The van der Waals surface area contributed by atoms with Crippen LogP contribution in [0.25, 0.3) is 10.9 Å². The van der Waals surface area contributed by atoms with Crippen LogP contribution in [-0.4, -0.2) is 117 Å². The van der Waals surface area contributed by atoms with E-state index in [0.717, 1.165) is 10.9 Å². The van der Waals surface area contributed by atoms with E-state index in [-0.39, 0.29) is 56.9 Å². The molecule has 7 atom stereocenters. The normalized spacial score (nSPS) is 14.5. The van der Waals surface area contributed by atoms with Crippen molar-refractivity contribution in [3.05, 3.63) is 54.2 Å². The lowest BCUT2D eigenvalue weighted by Gasteiger charge is -2.26. The minimum Gasteiger partial charge on any atom is -0.370 e. The number of nitrogens with two attached hydrogens (primary N) is 3. The lowest BCUT2D eigenvalue weighted by molar-refractivity contribution is -0.134. The molecule has 15 N–H and O–H groups in total. The fourth-order valence-corrected chi connectivity index (χ4v) is 7.39. The molecule has 2 aromatic heterocycles. The molecule has 22 heteroatoms. The molecule has 1 aromatic carbocycles. The first-order chi connectivity index (χ1) is 32.0. The molecule has 0 aliphatic rings. The average Bonchev–Trinajstić information content (AvgIpc) is 3.93. The fourth-order valence-electron chi connectivity index (χ4n) is 7.39. The molecule has 68 heavy (non-hydrogen) atoms. The number of imidazole rings is 1. The third kappa shape index (κ3) is 18.8. The van der Waals surface area contributed by atoms with Crippen LogP contribution in [-0.2, 0) is 56.0 Å². The maximum absolute atomic E-state index is 13.8. The molecule has 0 aliphatic heterocycles. The molecule has 0 bridgehead atoms. The van der Waals surface area contributed by atoms with Gasteiger partial charge in [0, 0.05) is 73.7 Å². The van der Waals surface area contributed by atoms with Crippen molar-refractivity contribution < 1.29 is 43.2 Å². The summed E-state index contributed by atoms with van der Waals surface area (Å²) in [4.78, 5) is 127. The molecule has 0 radical (unpaired) electrons. The van der Waals surface area contributed by atoms with Crippen molar-refractivity contribution in [2.45, 2.75) is 142 Å². The Morgan fingerprint density at radius 1 is 0.662 bits per heavy atom. The average molecular weight is 950 g/mol. The van der Waals surface area contributed by atoms with Gasteiger partial charge in [-0.2, -0.15) is 0 Å². The van der Waals surface area contributed by atoms with Crippen LogP contribution in [0.5, 0.6) is 0 Å². The highest BCUT2D eigenvalue weighted by molar-refractivity contribution is 5.96. The molecule has 0 fully saturated rings. The zero-order valence-corrected chi connectivity index (χ0v) is 40.0. The first-order valence-electron chi connectivity index (χ1n) is 23.0. The summed E-state index contributed by atoms with van der Waals surface area (Å²) in [6.07, 6.45) is 4.89. The number of benzene rings is 1. The fraction of sp³-hybridized carbons (Fsp3) is 0.565. The van der Waals surface area contributed by atoms with Gasteiger partial charge in [0.1, 0.15) is 30.2 Å². The van der Waals surface area contributed by atoms with Gasteiger partial charge in [-0.25, -0.2) is 4.98 Å². The van der Waals surface area contributed by atoms with Crippen LogP contribution < -0.4 is 54.4 Å². The number of H-pyrrole nitrogens is 2. The van der Waals surface area contributed by atoms with Crippen molar-refractivity contribution in [2.75, 3.05) is 6.54 Å². The highest BCUT2D eigenvalue weighted by Gasteiger charge is 2.32. The third-order valence-corrected chi connectivity index (χ3v) is 11.0. The van der Waals surface area contributed by atoms with Gasteiger partial charge in [-0.05, 0) is 55.6 Å². The Morgan fingerprint density at radius 3 is 1.93 bits per heavy atom. The minimum atomic E-state index is -1.19. The van der Waals surface area contributed by atoms with Crippen molar-refractivity contribution in [3.63, 3.8) is 0 Å². The first kappa shape index (κ1) is 55.5. The zero-order chi connectivity index (χ0) is 50.7. The van der Waals surface area contributed by atoms with Crippen molar-refractivity contribution in [3.8, 4) is 0 Å². The van der Waals surface area contributed by atoms with E-state index in [0.29, 0.717) is 24.1 Å². The number of carbonyl (C=O) groups excluding carboxylic acids is 9. The van der Waals surface area contributed by atoms with Crippen LogP contribution in [0.15, 0.2) is 43.0 Å². The number of hydrogen-bond acceptors (Lipinski definition) is 11. The maximum atomic E-state index is 13.8. The summed E-state index contributed by atoms with van der Waals surface area (Å²) in [7, 11) is 0. The predicted octanol–water partition coefficient (Wildman–Crippen LogP) is -0.672. The smallest absolute Gasteiger partial charge is 0.243 e. The van der Waals surface area contributed by atoms with Gasteiger partial charge in [-0.3, -0.25) is 43.2 Å². The third-order valence-electron chi connectivity index (χ3n) is 11.0. The molecule has 22 nitrogen and oxygen atoms in total. The number of hydrogen-bond donors (Lipinski definition) is 12. The largest absolute Gasteiger partial charge is 0.370 e.